The molecular weight excluding hydrogens is 749 g/mol. The molecule has 0 aliphatic heterocycles. The number of ether oxygens (including phenoxy) is 2. The van der Waals surface area contributed by atoms with Crippen molar-refractivity contribution in [2.45, 2.75) is 225 Å². The van der Waals surface area contributed by atoms with E-state index in [0.717, 1.165) is 83.5 Å². The van der Waals surface area contributed by atoms with Crippen molar-refractivity contribution in [3.05, 3.63) is 109 Å². The highest BCUT2D eigenvalue weighted by Gasteiger charge is 2.13. The van der Waals surface area contributed by atoms with Gasteiger partial charge in [0.1, 0.15) is 6.10 Å². The number of rotatable bonds is 46. The Balaban J connectivity index is 3.53. The van der Waals surface area contributed by atoms with Gasteiger partial charge in [-0.3, -0.25) is 4.79 Å². The minimum Gasteiger partial charge on any atom is -0.457 e. The van der Waals surface area contributed by atoms with E-state index in [0.29, 0.717) is 13.0 Å². The SMILES string of the molecule is CC/C=C\C/C=C\C/C=C\C/C=C\C/C=C\C/C=C\C/C=C\CCCCCC(=O)OC(CO)COCCCCCCCCCCCCCC/C=C\C/C=C\CCCCCCC. The molecule has 0 bridgehead atoms. The van der Waals surface area contributed by atoms with Crippen molar-refractivity contribution >= 4 is 5.97 Å². The summed E-state index contributed by atoms with van der Waals surface area (Å²) in [5.74, 6) is -0.235. The van der Waals surface area contributed by atoms with Crippen LogP contribution in [0.3, 0.4) is 0 Å². The number of hydrogen-bond acceptors (Lipinski definition) is 4. The van der Waals surface area contributed by atoms with Gasteiger partial charge < -0.3 is 14.6 Å². The third-order valence-electron chi connectivity index (χ3n) is 10.6. The van der Waals surface area contributed by atoms with Crippen LogP contribution in [0.4, 0.5) is 0 Å². The molecule has 4 heteroatoms. The standard InChI is InChI=1S/C57H96O4/c1-3-5-7-9-11-13-15-17-19-21-23-25-27-29-30-32-34-36-38-40-42-44-46-48-50-52-57(59)61-56(54-58)55-60-53-51-49-47-45-43-41-39-37-35-33-31-28-26-24-22-20-18-16-14-12-10-8-6-4-2/h5,7,11,13,16-19,22-25,29-30,34,36,40,42,56,58H,3-4,6,8-10,12,14-15,20-21,26-28,31-33,35,37-39,41,43-55H2,1-2H3/b7-5-,13-11-,18-16-,19-17-,24-22-,25-23-,30-29-,36-34-,42-40-. The van der Waals surface area contributed by atoms with E-state index in [2.05, 4.69) is 123 Å². The number of carbonyl (C=O) groups is 1. The van der Waals surface area contributed by atoms with Gasteiger partial charge in [0.25, 0.3) is 0 Å². The molecule has 0 amide bonds. The van der Waals surface area contributed by atoms with E-state index in [1.165, 1.54) is 116 Å². The summed E-state index contributed by atoms with van der Waals surface area (Å²) in [5.41, 5.74) is 0. The second kappa shape index (κ2) is 53.2. The maximum absolute atomic E-state index is 12.3. The zero-order valence-electron chi connectivity index (χ0n) is 39.9. The molecule has 0 aromatic carbocycles. The molecule has 0 aliphatic rings. The van der Waals surface area contributed by atoms with E-state index in [4.69, 9.17) is 9.47 Å². The van der Waals surface area contributed by atoms with Gasteiger partial charge in [0.05, 0.1) is 13.2 Å². The molecule has 0 fully saturated rings. The molecule has 0 spiro atoms. The molecule has 0 aliphatic carbocycles. The van der Waals surface area contributed by atoms with Crippen LogP contribution in [0.5, 0.6) is 0 Å². The van der Waals surface area contributed by atoms with Crippen molar-refractivity contribution in [2.24, 2.45) is 0 Å². The molecule has 348 valence electrons. The van der Waals surface area contributed by atoms with Crippen molar-refractivity contribution < 1.29 is 19.4 Å². The normalized spacial score (nSPS) is 13.3. The van der Waals surface area contributed by atoms with Gasteiger partial charge in [0, 0.05) is 13.0 Å². The summed E-state index contributed by atoms with van der Waals surface area (Å²) in [6.07, 6.45) is 77.5. The van der Waals surface area contributed by atoms with Gasteiger partial charge in [0.15, 0.2) is 0 Å². The summed E-state index contributed by atoms with van der Waals surface area (Å²) in [7, 11) is 0. The Hall–Kier alpha value is -2.95. The van der Waals surface area contributed by atoms with Gasteiger partial charge in [-0.1, -0.05) is 220 Å². The Kier molecular flexibility index (Phi) is 50.6. The van der Waals surface area contributed by atoms with E-state index >= 15 is 0 Å². The first-order valence-corrected chi connectivity index (χ1v) is 25.5. The molecule has 0 aromatic heterocycles. The highest BCUT2D eigenvalue weighted by molar-refractivity contribution is 5.69. The van der Waals surface area contributed by atoms with E-state index in [1.54, 1.807) is 0 Å². The van der Waals surface area contributed by atoms with Crippen LogP contribution in [0.15, 0.2) is 109 Å². The van der Waals surface area contributed by atoms with Crippen molar-refractivity contribution in [1.82, 2.24) is 0 Å². The van der Waals surface area contributed by atoms with Crippen molar-refractivity contribution in [2.75, 3.05) is 19.8 Å². The molecule has 0 aromatic rings. The summed E-state index contributed by atoms with van der Waals surface area (Å²) < 4.78 is 11.2. The second-order valence-corrected chi connectivity index (χ2v) is 16.5. The lowest BCUT2D eigenvalue weighted by Gasteiger charge is -2.15. The van der Waals surface area contributed by atoms with Crippen molar-refractivity contribution in [3.8, 4) is 0 Å². The molecule has 1 unspecified atom stereocenters. The van der Waals surface area contributed by atoms with Crippen LogP contribution in [0.2, 0.25) is 0 Å². The van der Waals surface area contributed by atoms with Gasteiger partial charge >= 0.3 is 5.97 Å². The number of esters is 1. The van der Waals surface area contributed by atoms with Crippen molar-refractivity contribution in [3.63, 3.8) is 0 Å². The van der Waals surface area contributed by atoms with E-state index < -0.39 is 6.10 Å². The lowest BCUT2D eigenvalue weighted by molar-refractivity contribution is -0.154. The maximum Gasteiger partial charge on any atom is 0.306 e. The second-order valence-electron chi connectivity index (χ2n) is 16.5. The van der Waals surface area contributed by atoms with Crippen LogP contribution in [0, 0.1) is 0 Å². The largest absolute Gasteiger partial charge is 0.457 e. The summed E-state index contributed by atoms with van der Waals surface area (Å²) in [6, 6.07) is 0. The summed E-state index contributed by atoms with van der Waals surface area (Å²) in [6.45, 7) is 5.18. The zero-order chi connectivity index (χ0) is 44.0. The fourth-order valence-electron chi connectivity index (χ4n) is 6.81. The van der Waals surface area contributed by atoms with Crippen LogP contribution in [-0.2, 0) is 14.3 Å². The first kappa shape index (κ1) is 58.0. The molecule has 0 rings (SSSR count). The predicted molar refractivity (Wildman–Crippen MR) is 269 cm³/mol. The van der Waals surface area contributed by atoms with Gasteiger partial charge in [-0.2, -0.15) is 0 Å². The van der Waals surface area contributed by atoms with E-state index in [-0.39, 0.29) is 19.2 Å². The number of carbonyl (C=O) groups excluding carboxylic acids is 1. The van der Waals surface area contributed by atoms with Crippen LogP contribution in [0.25, 0.3) is 0 Å². The fourth-order valence-corrected chi connectivity index (χ4v) is 6.81. The number of aliphatic hydroxyl groups is 1. The Morgan fingerprint density at radius 2 is 0.738 bits per heavy atom. The average molecular weight is 845 g/mol. The third kappa shape index (κ3) is 51.3. The number of hydrogen-bond donors (Lipinski definition) is 1. The Morgan fingerprint density at radius 1 is 0.410 bits per heavy atom. The maximum atomic E-state index is 12.3. The number of allylic oxidation sites excluding steroid dienone is 18. The molecule has 0 radical (unpaired) electrons. The van der Waals surface area contributed by atoms with Gasteiger partial charge in [0.2, 0.25) is 0 Å². The monoisotopic (exact) mass is 845 g/mol. The minimum atomic E-state index is -0.562. The van der Waals surface area contributed by atoms with Crippen LogP contribution >= 0.6 is 0 Å². The van der Waals surface area contributed by atoms with Crippen LogP contribution in [0.1, 0.15) is 219 Å². The molecule has 1 N–H and O–H groups in total. The van der Waals surface area contributed by atoms with E-state index in [9.17, 15) is 9.90 Å². The summed E-state index contributed by atoms with van der Waals surface area (Å²) >= 11 is 0. The van der Waals surface area contributed by atoms with E-state index in [1.807, 2.05) is 0 Å². The smallest absolute Gasteiger partial charge is 0.306 e. The molecule has 0 heterocycles. The van der Waals surface area contributed by atoms with Gasteiger partial charge in [-0.15, -0.1) is 0 Å². The first-order chi connectivity index (χ1) is 30.2. The zero-order valence-corrected chi connectivity index (χ0v) is 39.9. The molecular formula is C57H96O4. The highest BCUT2D eigenvalue weighted by atomic mass is 16.6. The lowest BCUT2D eigenvalue weighted by atomic mass is 10.0. The molecule has 61 heavy (non-hydrogen) atoms. The topological polar surface area (TPSA) is 55.8 Å². The summed E-state index contributed by atoms with van der Waals surface area (Å²) in [5, 5.41) is 9.65. The number of unbranched alkanes of at least 4 members (excludes halogenated alkanes) is 20. The first-order valence-electron chi connectivity index (χ1n) is 25.5. The van der Waals surface area contributed by atoms with Crippen LogP contribution in [-0.4, -0.2) is 37.0 Å². The van der Waals surface area contributed by atoms with Crippen molar-refractivity contribution in [1.29, 1.82) is 0 Å². The molecule has 0 saturated carbocycles. The van der Waals surface area contributed by atoms with Crippen LogP contribution < -0.4 is 0 Å². The number of aliphatic hydroxyl groups excluding tert-OH is 1. The van der Waals surface area contributed by atoms with Gasteiger partial charge in [-0.25, -0.2) is 0 Å². The molecule has 4 nitrogen and oxygen atoms in total. The fraction of sp³-hybridized carbons (Fsp3) is 0.667. The Morgan fingerprint density at radius 3 is 1.11 bits per heavy atom. The third-order valence-corrected chi connectivity index (χ3v) is 10.6. The average Bonchev–Trinajstić information content (AvgIpc) is 3.27. The highest BCUT2D eigenvalue weighted by Crippen LogP contribution is 2.14. The summed E-state index contributed by atoms with van der Waals surface area (Å²) in [4.78, 5) is 12.3. The molecule has 1 atom stereocenters. The van der Waals surface area contributed by atoms with Gasteiger partial charge in [-0.05, 0) is 103 Å². The minimum absolute atomic E-state index is 0.192. The predicted octanol–water partition coefficient (Wildman–Crippen LogP) is 17.4. The lowest BCUT2D eigenvalue weighted by Crippen LogP contribution is -2.27. The Bertz CT molecular complexity index is 1170. The Labute approximate surface area is 378 Å². The quantitative estimate of drug-likeness (QED) is 0.0377. The molecule has 0 saturated heterocycles.